The smallest absolute Gasteiger partial charge is 0.309 e. The third-order valence-electron chi connectivity index (χ3n) is 5.37. The molecule has 1 saturated heterocycles. The van der Waals surface area contributed by atoms with Crippen molar-refractivity contribution in [3.05, 3.63) is 47.5 Å². The van der Waals surface area contributed by atoms with Crippen LogP contribution in [0.15, 0.2) is 52.3 Å². The number of piperidine rings is 1. The van der Waals surface area contributed by atoms with E-state index >= 15 is 0 Å². The van der Waals surface area contributed by atoms with E-state index in [9.17, 15) is 9.59 Å². The molecular weight excluding hydrogens is 396 g/mol. The molecule has 2 aromatic carbocycles. The summed E-state index contributed by atoms with van der Waals surface area (Å²) >= 11 is 7.88. The highest BCUT2D eigenvalue weighted by Crippen LogP contribution is 2.48. The van der Waals surface area contributed by atoms with Gasteiger partial charge in [0.2, 0.25) is 0 Å². The summed E-state index contributed by atoms with van der Waals surface area (Å²) < 4.78 is 4.85. The average molecular weight is 418 g/mol. The first kappa shape index (κ1) is 19.3. The predicted octanol–water partition coefficient (Wildman–Crippen LogP) is 2.94. The molecule has 7 heteroatoms. The van der Waals surface area contributed by atoms with Crippen LogP contribution in [0.1, 0.15) is 12.8 Å². The zero-order valence-corrected chi connectivity index (χ0v) is 17.2. The van der Waals surface area contributed by atoms with Crippen LogP contribution in [-0.2, 0) is 14.3 Å². The molecule has 4 rings (SSSR count). The van der Waals surface area contributed by atoms with Gasteiger partial charge >= 0.3 is 5.97 Å². The number of hydrogen-bond acceptors (Lipinski definition) is 4. The number of nitrogens with zero attached hydrogens (tertiary/aromatic N) is 1. The molecule has 2 aromatic rings. The van der Waals surface area contributed by atoms with Crippen LogP contribution in [0.2, 0.25) is 5.02 Å². The van der Waals surface area contributed by atoms with Gasteiger partial charge in [0.1, 0.15) is 0 Å². The second-order valence-electron chi connectivity index (χ2n) is 7.14. The van der Waals surface area contributed by atoms with Gasteiger partial charge < -0.3 is 9.64 Å². The van der Waals surface area contributed by atoms with Crippen molar-refractivity contribution in [3.63, 3.8) is 0 Å². The molecule has 1 fully saturated rings. The lowest BCUT2D eigenvalue weighted by atomic mass is 9.97. The number of anilines is 2. The third-order valence-corrected chi connectivity index (χ3v) is 6.73. The molecule has 0 radical (unpaired) electrons. The second kappa shape index (κ2) is 8.15. The lowest BCUT2D eigenvalue weighted by Gasteiger charge is -2.33. The van der Waals surface area contributed by atoms with Crippen LogP contribution in [0.5, 0.6) is 0 Å². The van der Waals surface area contributed by atoms with E-state index in [2.05, 4.69) is 0 Å². The number of quaternary nitrogens is 1. The fourth-order valence-electron chi connectivity index (χ4n) is 3.89. The average Bonchev–Trinajstić information content (AvgIpc) is 2.72. The number of carbonyl (C=O) groups excluding carboxylic acids is 2. The highest BCUT2D eigenvalue weighted by molar-refractivity contribution is 7.99. The molecule has 0 saturated carbocycles. The molecule has 0 aliphatic carbocycles. The Labute approximate surface area is 173 Å². The molecular formula is C21H22ClN2O3S+. The number of esters is 1. The molecule has 28 heavy (non-hydrogen) atoms. The monoisotopic (exact) mass is 417 g/mol. The fraction of sp³-hybridized carbons (Fsp3) is 0.333. The second-order valence-corrected chi connectivity index (χ2v) is 8.66. The van der Waals surface area contributed by atoms with Crippen LogP contribution in [0.25, 0.3) is 0 Å². The van der Waals surface area contributed by atoms with Gasteiger partial charge in [-0.1, -0.05) is 35.5 Å². The Morgan fingerprint density at radius 1 is 1.14 bits per heavy atom. The minimum atomic E-state index is -0.143. The first-order chi connectivity index (χ1) is 13.6. The zero-order chi connectivity index (χ0) is 19.7. The fourth-order valence-corrected chi connectivity index (χ4v) is 5.10. The van der Waals surface area contributed by atoms with Gasteiger partial charge in [0.25, 0.3) is 5.91 Å². The van der Waals surface area contributed by atoms with Gasteiger partial charge in [-0.25, -0.2) is 0 Å². The van der Waals surface area contributed by atoms with Crippen molar-refractivity contribution >= 4 is 46.6 Å². The molecule has 0 spiro atoms. The minimum Gasteiger partial charge on any atom is -0.469 e. The Hall–Kier alpha value is -2.02. The van der Waals surface area contributed by atoms with E-state index in [-0.39, 0.29) is 17.8 Å². The van der Waals surface area contributed by atoms with Crippen LogP contribution in [-0.4, -0.2) is 38.6 Å². The molecule has 2 aliphatic rings. The summed E-state index contributed by atoms with van der Waals surface area (Å²) in [5, 5.41) is 0.614. The summed E-state index contributed by atoms with van der Waals surface area (Å²) in [4.78, 5) is 30.1. The minimum absolute atomic E-state index is 0.0442. The molecule has 0 aromatic heterocycles. The predicted molar refractivity (Wildman–Crippen MR) is 109 cm³/mol. The van der Waals surface area contributed by atoms with Gasteiger partial charge in [0.15, 0.2) is 6.54 Å². The Morgan fingerprint density at radius 2 is 1.86 bits per heavy atom. The van der Waals surface area contributed by atoms with Crippen molar-refractivity contribution in [1.82, 2.24) is 0 Å². The Balaban J connectivity index is 1.55. The van der Waals surface area contributed by atoms with Crippen molar-refractivity contribution in [2.24, 2.45) is 5.92 Å². The van der Waals surface area contributed by atoms with Gasteiger partial charge in [-0.3, -0.25) is 14.5 Å². The number of amides is 1. The van der Waals surface area contributed by atoms with Gasteiger partial charge in [-0.05, 0) is 30.3 Å². The number of hydrogen-bond donors (Lipinski definition) is 1. The van der Waals surface area contributed by atoms with Crippen molar-refractivity contribution in [2.45, 2.75) is 22.6 Å². The van der Waals surface area contributed by atoms with Crippen molar-refractivity contribution in [2.75, 3.05) is 31.6 Å². The molecule has 0 unspecified atom stereocenters. The van der Waals surface area contributed by atoms with E-state index < -0.39 is 0 Å². The molecule has 1 amide bonds. The SMILES string of the molecule is COC(=O)C1CC[NH+](CC(=O)N2c3ccccc3Sc3ccc(Cl)cc32)CC1. The number of methoxy groups -OCH3 is 1. The van der Waals surface area contributed by atoms with E-state index in [4.69, 9.17) is 16.3 Å². The van der Waals surface area contributed by atoms with Gasteiger partial charge in [-0.15, -0.1) is 0 Å². The summed E-state index contributed by atoms with van der Waals surface area (Å²) in [6.07, 6.45) is 1.51. The van der Waals surface area contributed by atoms with E-state index in [1.54, 1.807) is 16.7 Å². The summed E-state index contributed by atoms with van der Waals surface area (Å²) in [6, 6.07) is 13.6. The van der Waals surface area contributed by atoms with E-state index in [1.165, 1.54) is 12.0 Å². The van der Waals surface area contributed by atoms with Gasteiger partial charge in [-0.2, -0.15) is 0 Å². The van der Waals surface area contributed by atoms with Gasteiger partial charge in [0, 0.05) is 27.7 Å². The summed E-state index contributed by atoms with van der Waals surface area (Å²) in [7, 11) is 1.43. The van der Waals surface area contributed by atoms with E-state index in [0.29, 0.717) is 11.6 Å². The van der Waals surface area contributed by atoms with Crippen molar-refractivity contribution < 1.29 is 19.2 Å². The first-order valence-corrected chi connectivity index (χ1v) is 10.6. The summed E-state index contributed by atoms with van der Waals surface area (Å²) in [5.41, 5.74) is 1.74. The maximum atomic E-state index is 13.3. The Kier molecular flexibility index (Phi) is 5.62. The number of rotatable bonds is 3. The standard InChI is InChI=1S/C21H21ClN2O3S/c1-27-21(26)14-8-10-23(11-9-14)13-20(25)24-16-4-2-3-5-18(16)28-19-7-6-15(22)12-17(19)24/h2-7,12,14H,8-11,13H2,1H3/p+1. The number of likely N-dealkylation sites (tertiary alicyclic amines) is 1. The number of ether oxygens (including phenoxy) is 1. The lowest BCUT2D eigenvalue weighted by molar-refractivity contribution is -0.897. The highest BCUT2D eigenvalue weighted by Gasteiger charge is 2.33. The zero-order valence-electron chi connectivity index (χ0n) is 15.6. The topological polar surface area (TPSA) is 51.1 Å². The number of nitrogens with one attached hydrogen (secondary N) is 1. The summed E-state index contributed by atoms with van der Waals surface area (Å²) in [6.45, 7) is 1.97. The van der Waals surface area contributed by atoms with Crippen LogP contribution in [0, 0.1) is 5.92 Å². The molecule has 5 nitrogen and oxygen atoms in total. The number of carbonyl (C=O) groups is 2. The molecule has 2 aliphatic heterocycles. The van der Waals surface area contributed by atoms with Crippen LogP contribution >= 0.6 is 23.4 Å². The number of benzene rings is 2. The number of para-hydroxylation sites is 1. The third kappa shape index (κ3) is 3.77. The quantitative estimate of drug-likeness (QED) is 0.780. The largest absolute Gasteiger partial charge is 0.469 e. The van der Waals surface area contributed by atoms with Gasteiger partial charge in [0.05, 0.1) is 37.5 Å². The maximum Gasteiger partial charge on any atom is 0.309 e. The van der Waals surface area contributed by atoms with Crippen LogP contribution in [0.3, 0.4) is 0 Å². The molecule has 0 bridgehead atoms. The normalized spacial score (nSPS) is 20.9. The maximum absolute atomic E-state index is 13.3. The molecule has 1 N–H and O–H groups in total. The number of halogens is 1. The van der Waals surface area contributed by atoms with Crippen LogP contribution in [0.4, 0.5) is 11.4 Å². The number of fused-ring (bicyclic) bond motifs is 2. The van der Waals surface area contributed by atoms with Crippen LogP contribution < -0.4 is 9.80 Å². The van der Waals surface area contributed by atoms with Crippen molar-refractivity contribution in [3.8, 4) is 0 Å². The van der Waals surface area contributed by atoms with E-state index in [0.717, 1.165) is 47.1 Å². The Morgan fingerprint density at radius 3 is 2.61 bits per heavy atom. The lowest BCUT2D eigenvalue weighted by Crippen LogP contribution is -3.14. The Bertz CT molecular complexity index is 912. The molecule has 0 atom stereocenters. The molecule has 2 heterocycles. The summed E-state index contributed by atoms with van der Waals surface area (Å²) in [5.74, 6) is -0.144. The molecule has 146 valence electrons. The first-order valence-electron chi connectivity index (χ1n) is 9.37. The van der Waals surface area contributed by atoms with Crippen molar-refractivity contribution in [1.29, 1.82) is 0 Å². The highest BCUT2D eigenvalue weighted by atomic mass is 35.5. The van der Waals surface area contributed by atoms with E-state index in [1.807, 2.05) is 42.5 Å².